The van der Waals surface area contributed by atoms with Gasteiger partial charge in [-0.15, -0.1) is 0 Å². The van der Waals surface area contributed by atoms with E-state index in [0.29, 0.717) is 30.0 Å². The molecule has 0 radical (unpaired) electrons. The summed E-state index contributed by atoms with van der Waals surface area (Å²) in [5, 5.41) is 10.4. The van der Waals surface area contributed by atoms with Gasteiger partial charge in [0.15, 0.2) is 0 Å². The van der Waals surface area contributed by atoms with Gasteiger partial charge in [-0.25, -0.2) is 4.79 Å². The average Bonchev–Trinajstić information content (AvgIpc) is 2.53. The Morgan fingerprint density at radius 2 is 2.04 bits per heavy atom. The van der Waals surface area contributed by atoms with Gasteiger partial charge >= 0.3 is 5.97 Å². The number of carboxylic acids is 1. The van der Waals surface area contributed by atoms with E-state index in [9.17, 15) is 14.7 Å². The van der Waals surface area contributed by atoms with Crippen LogP contribution in [-0.4, -0.2) is 39.5 Å². The van der Waals surface area contributed by atoms with Crippen LogP contribution in [0.4, 0.5) is 0 Å². The second kappa shape index (κ2) is 5.99. The summed E-state index contributed by atoms with van der Waals surface area (Å²) in [5.41, 5.74) is 1.95. The van der Waals surface area contributed by atoms with E-state index in [-0.39, 0.29) is 5.91 Å². The van der Waals surface area contributed by atoms with E-state index in [1.54, 1.807) is 6.07 Å². The van der Waals surface area contributed by atoms with Crippen molar-refractivity contribution in [1.29, 1.82) is 0 Å². The van der Waals surface area contributed by atoms with Gasteiger partial charge in [-0.3, -0.25) is 9.78 Å². The van der Waals surface area contributed by atoms with Gasteiger partial charge in [-0.1, -0.05) is 25.1 Å². The number of amides is 1. The van der Waals surface area contributed by atoms with Crippen LogP contribution in [0.3, 0.4) is 0 Å². The largest absolute Gasteiger partial charge is 0.480 e. The first-order valence-corrected chi connectivity index (χ1v) is 7.87. The normalized spacial score (nSPS) is 21.4. The van der Waals surface area contributed by atoms with Crippen LogP contribution in [0.15, 0.2) is 30.3 Å². The quantitative estimate of drug-likeness (QED) is 0.925. The van der Waals surface area contributed by atoms with Crippen LogP contribution in [0.2, 0.25) is 0 Å². The van der Waals surface area contributed by atoms with Crippen LogP contribution >= 0.6 is 0 Å². The number of carbonyl (C=O) groups is 2. The Hall–Kier alpha value is -2.43. The lowest BCUT2D eigenvalue weighted by Gasteiger charge is -2.36. The molecule has 2 aromatic rings. The number of hydrogen-bond acceptors (Lipinski definition) is 3. The van der Waals surface area contributed by atoms with Crippen LogP contribution in [-0.2, 0) is 4.79 Å². The standard InChI is InChI=1S/C18H20N2O3/c1-11-8-9-20(15(10-11)18(22)23)17(21)14-5-3-4-13-7-6-12(2)19-16(13)14/h3-7,11,15H,8-10H2,1-2H3,(H,22,23). The molecule has 23 heavy (non-hydrogen) atoms. The summed E-state index contributed by atoms with van der Waals surface area (Å²) >= 11 is 0. The first-order valence-electron chi connectivity index (χ1n) is 7.87. The smallest absolute Gasteiger partial charge is 0.326 e. The maximum Gasteiger partial charge on any atom is 0.326 e. The van der Waals surface area contributed by atoms with Gasteiger partial charge in [0.2, 0.25) is 0 Å². The number of aryl methyl sites for hydroxylation is 1. The number of fused-ring (bicyclic) bond motifs is 1. The molecule has 0 spiro atoms. The molecule has 5 nitrogen and oxygen atoms in total. The molecule has 0 bridgehead atoms. The summed E-state index contributed by atoms with van der Waals surface area (Å²) in [7, 11) is 0. The molecule has 1 fully saturated rings. The predicted octanol–water partition coefficient (Wildman–Crippen LogP) is 2.87. The zero-order chi connectivity index (χ0) is 16.6. The van der Waals surface area contributed by atoms with E-state index in [4.69, 9.17) is 0 Å². The van der Waals surface area contributed by atoms with Crippen molar-refractivity contribution in [2.45, 2.75) is 32.7 Å². The highest BCUT2D eigenvalue weighted by molar-refractivity contribution is 6.06. The summed E-state index contributed by atoms with van der Waals surface area (Å²) in [4.78, 5) is 30.5. The number of likely N-dealkylation sites (tertiary alicyclic amines) is 1. The van der Waals surface area contributed by atoms with E-state index >= 15 is 0 Å². The lowest BCUT2D eigenvalue weighted by Crippen LogP contribution is -2.49. The van der Waals surface area contributed by atoms with Crippen LogP contribution in [0.1, 0.15) is 35.8 Å². The zero-order valence-corrected chi connectivity index (χ0v) is 13.3. The number of carbonyl (C=O) groups excluding carboxylic acids is 1. The number of aromatic nitrogens is 1. The minimum atomic E-state index is -0.936. The third-order valence-corrected chi connectivity index (χ3v) is 4.50. The fourth-order valence-electron chi connectivity index (χ4n) is 3.19. The summed E-state index contributed by atoms with van der Waals surface area (Å²) in [6.07, 6.45) is 1.32. The van der Waals surface area contributed by atoms with Crippen LogP contribution < -0.4 is 0 Å². The van der Waals surface area contributed by atoms with Crippen molar-refractivity contribution in [1.82, 2.24) is 9.88 Å². The van der Waals surface area contributed by atoms with Gasteiger partial charge in [0.1, 0.15) is 6.04 Å². The Kier molecular flexibility index (Phi) is 4.03. The molecule has 3 rings (SSSR count). The molecule has 1 aliphatic rings. The molecule has 1 aromatic heterocycles. The first kappa shape index (κ1) is 15.5. The Morgan fingerprint density at radius 3 is 2.78 bits per heavy atom. The highest BCUT2D eigenvalue weighted by Gasteiger charge is 2.35. The predicted molar refractivity (Wildman–Crippen MR) is 87.3 cm³/mol. The topological polar surface area (TPSA) is 70.5 Å². The summed E-state index contributed by atoms with van der Waals surface area (Å²) in [5.74, 6) is -0.865. The third-order valence-electron chi connectivity index (χ3n) is 4.50. The molecule has 0 saturated carbocycles. The minimum absolute atomic E-state index is 0.243. The summed E-state index contributed by atoms with van der Waals surface area (Å²) in [6.45, 7) is 4.38. The van der Waals surface area contributed by atoms with Gasteiger partial charge in [-0.05, 0) is 37.8 Å². The number of pyridine rings is 1. The number of piperidine rings is 1. The Morgan fingerprint density at radius 1 is 1.26 bits per heavy atom. The lowest BCUT2D eigenvalue weighted by molar-refractivity contribution is -0.144. The van der Waals surface area contributed by atoms with Gasteiger partial charge < -0.3 is 10.0 Å². The fourth-order valence-corrected chi connectivity index (χ4v) is 3.19. The highest BCUT2D eigenvalue weighted by atomic mass is 16.4. The van der Waals surface area contributed by atoms with Gasteiger partial charge in [-0.2, -0.15) is 0 Å². The van der Waals surface area contributed by atoms with Crippen molar-refractivity contribution in [2.24, 2.45) is 5.92 Å². The van der Waals surface area contributed by atoms with Crippen molar-refractivity contribution >= 4 is 22.8 Å². The van der Waals surface area contributed by atoms with Gasteiger partial charge in [0.05, 0.1) is 11.1 Å². The molecule has 2 atom stereocenters. The van der Waals surface area contributed by atoms with Gasteiger partial charge in [0.25, 0.3) is 5.91 Å². The average molecular weight is 312 g/mol. The number of rotatable bonds is 2. The van der Waals surface area contributed by atoms with Crippen molar-refractivity contribution in [3.05, 3.63) is 41.6 Å². The van der Waals surface area contributed by atoms with E-state index in [0.717, 1.165) is 17.5 Å². The zero-order valence-electron chi connectivity index (χ0n) is 13.3. The van der Waals surface area contributed by atoms with Crippen LogP contribution in [0, 0.1) is 12.8 Å². The molecule has 1 saturated heterocycles. The molecule has 120 valence electrons. The molecule has 1 aliphatic heterocycles. The SMILES string of the molecule is Cc1ccc2cccc(C(=O)N3CCC(C)CC3C(=O)O)c2n1. The monoisotopic (exact) mass is 312 g/mol. The summed E-state index contributed by atoms with van der Waals surface area (Å²) < 4.78 is 0. The minimum Gasteiger partial charge on any atom is -0.480 e. The van der Waals surface area contributed by atoms with Crippen LogP contribution in [0.25, 0.3) is 10.9 Å². The molecule has 5 heteroatoms. The Balaban J connectivity index is 2.02. The van der Waals surface area contributed by atoms with Gasteiger partial charge in [0, 0.05) is 17.6 Å². The number of hydrogen-bond donors (Lipinski definition) is 1. The second-order valence-corrected chi connectivity index (χ2v) is 6.31. The maximum absolute atomic E-state index is 13.0. The molecular weight excluding hydrogens is 292 g/mol. The maximum atomic E-state index is 13.0. The Labute approximate surface area is 134 Å². The molecule has 1 amide bonds. The fraction of sp³-hybridized carbons (Fsp3) is 0.389. The van der Waals surface area contributed by atoms with E-state index < -0.39 is 12.0 Å². The van der Waals surface area contributed by atoms with Crippen molar-refractivity contribution in [3.63, 3.8) is 0 Å². The highest BCUT2D eigenvalue weighted by Crippen LogP contribution is 2.26. The molecule has 1 N–H and O–H groups in total. The molecule has 0 aliphatic carbocycles. The third kappa shape index (κ3) is 2.91. The molecule has 2 heterocycles. The number of aliphatic carboxylic acids is 1. The molecule has 1 aromatic carbocycles. The second-order valence-electron chi connectivity index (χ2n) is 6.31. The van der Waals surface area contributed by atoms with Crippen molar-refractivity contribution < 1.29 is 14.7 Å². The molecule has 2 unspecified atom stereocenters. The lowest BCUT2D eigenvalue weighted by atomic mass is 9.91. The van der Waals surface area contributed by atoms with Crippen LogP contribution in [0.5, 0.6) is 0 Å². The number of carboxylic acid groups (broad SMARTS) is 1. The van der Waals surface area contributed by atoms with Crippen molar-refractivity contribution in [3.8, 4) is 0 Å². The number of benzene rings is 1. The van der Waals surface area contributed by atoms with E-state index in [1.165, 1.54) is 4.90 Å². The Bertz CT molecular complexity index is 772. The number of para-hydroxylation sites is 1. The van der Waals surface area contributed by atoms with E-state index in [1.807, 2.05) is 38.1 Å². The molecular formula is C18H20N2O3. The van der Waals surface area contributed by atoms with E-state index in [2.05, 4.69) is 4.98 Å². The summed E-state index contributed by atoms with van der Waals surface area (Å²) in [6, 6.07) is 8.53. The first-order chi connectivity index (χ1) is 11.0. The van der Waals surface area contributed by atoms with Crippen molar-refractivity contribution in [2.75, 3.05) is 6.54 Å². The number of nitrogens with zero attached hydrogens (tertiary/aromatic N) is 2.